The maximum absolute atomic E-state index is 9.81. The molecule has 0 saturated carbocycles. The summed E-state index contributed by atoms with van der Waals surface area (Å²) in [4.78, 5) is 0. The highest BCUT2D eigenvalue weighted by molar-refractivity contribution is 6.42. The SMILES string of the molecule is COC(C)CC(O)Cc1ccc(Cl)c(Cl)c1. The Hall–Kier alpha value is -0.280. The molecule has 0 aliphatic carbocycles. The second-order valence-electron chi connectivity index (χ2n) is 3.89. The quantitative estimate of drug-likeness (QED) is 0.883. The number of methoxy groups -OCH3 is 1. The molecule has 16 heavy (non-hydrogen) atoms. The molecule has 2 nitrogen and oxygen atoms in total. The zero-order valence-electron chi connectivity index (χ0n) is 9.41. The molecule has 0 aliphatic heterocycles. The first-order valence-corrected chi connectivity index (χ1v) is 5.93. The fraction of sp³-hybridized carbons (Fsp3) is 0.500. The molecule has 0 heterocycles. The van der Waals surface area contributed by atoms with E-state index < -0.39 is 6.10 Å². The first-order chi connectivity index (χ1) is 7.52. The standard InChI is InChI=1S/C12H16Cl2O2/c1-8(16-2)5-10(15)6-9-3-4-11(13)12(14)7-9/h3-4,7-8,10,15H,5-6H2,1-2H3. The van der Waals surface area contributed by atoms with Gasteiger partial charge in [-0.15, -0.1) is 0 Å². The van der Waals surface area contributed by atoms with E-state index in [9.17, 15) is 5.11 Å². The van der Waals surface area contributed by atoms with Gasteiger partial charge in [0.25, 0.3) is 0 Å². The van der Waals surface area contributed by atoms with Crippen molar-refractivity contribution < 1.29 is 9.84 Å². The average molecular weight is 263 g/mol. The normalized spacial score (nSPS) is 14.8. The van der Waals surface area contributed by atoms with Crippen LogP contribution in [0.25, 0.3) is 0 Å². The van der Waals surface area contributed by atoms with E-state index in [0.29, 0.717) is 22.9 Å². The molecule has 1 aromatic rings. The summed E-state index contributed by atoms with van der Waals surface area (Å²) in [6.07, 6.45) is 0.798. The maximum atomic E-state index is 9.81. The van der Waals surface area contributed by atoms with E-state index in [2.05, 4.69) is 0 Å². The van der Waals surface area contributed by atoms with Crippen LogP contribution in [0.15, 0.2) is 18.2 Å². The van der Waals surface area contributed by atoms with Gasteiger partial charge in [-0.2, -0.15) is 0 Å². The lowest BCUT2D eigenvalue weighted by molar-refractivity contribution is 0.0565. The molecule has 0 spiro atoms. The van der Waals surface area contributed by atoms with Gasteiger partial charge in [0.1, 0.15) is 0 Å². The number of aliphatic hydroxyl groups is 1. The molecule has 0 aromatic heterocycles. The van der Waals surface area contributed by atoms with Crippen molar-refractivity contribution in [1.29, 1.82) is 0 Å². The molecular weight excluding hydrogens is 247 g/mol. The lowest BCUT2D eigenvalue weighted by Crippen LogP contribution is -2.18. The predicted molar refractivity (Wildman–Crippen MR) is 67.3 cm³/mol. The molecule has 2 atom stereocenters. The smallest absolute Gasteiger partial charge is 0.0605 e. The van der Waals surface area contributed by atoms with Crippen LogP contribution >= 0.6 is 23.2 Å². The van der Waals surface area contributed by atoms with Crippen molar-refractivity contribution in [3.05, 3.63) is 33.8 Å². The number of ether oxygens (including phenoxy) is 1. The molecule has 2 unspecified atom stereocenters. The van der Waals surface area contributed by atoms with E-state index in [1.165, 1.54) is 0 Å². The van der Waals surface area contributed by atoms with Crippen molar-refractivity contribution in [2.75, 3.05) is 7.11 Å². The highest BCUT2D eigenvalue weighted by atomic mass is 35.5. The summed E-state index contributed by atoms with van der Waals surface area (Å²) in [5, 5.41) is 10.9. The van der Waals surface area contributed by atoms with Crippen molar-refractivity contribution in [1.82, 2.24) is 0 Å². The van der Waals surface area contributed by atoms with Gasteiger partial charge in [-0.25, -0.2) is 0 Å². The fourth-order valence-electron chi connectivity index (χ4n) is 1.50. The summed E-state index contributed by atoms with van der Waals surface area (Å²) in [7, 11) is 1.64. The summed E-state index contributed by atoms with van der Waals surface area (Å²) >= 11 is 11.7. The number of benzene rings is 1. The molecule has 1 N–H and O–H groups in total. The summed E-state index contributed by atoms with van der Waals surface area (Å²) in [5.41, 5.74) is 0.977. The Kier molecular flexibility index (Phi) is 5.56. The largest absolute Gasteiger partial charge is 0.393 e. The van der Waals surface area contributed by atoms with Gasteiger partial charge < -0.3 is 9.84 Å². The van der Waals surface area contributed by atoms with Crippen molar-refractivity contribution >= 4 is 23.2 Å². The first kappa shape index (κ1) is 13.8. The number of halogens is 2. The highest BCUT2D eigenvalue weighted by Gasteiger charge is 2.11. The topological polar surface area (TPSA) is 29.5 Å². The number of hydrogen-bond acceptors (Lipinski definition) is 2. The average Bonchev–Trinajstić information content (AvgIpc) is 2.23. The van der Waals surface area contributed by atoms with Crippen molar-refractivity contribution in [3.63, 3.8) is 0 Å². The van der Waals surface area contributed by atoms with E-state index in [4.69, 9.17) is 27.9 Å². The van der Waals surface area contributed by atoms with Gasteiger partial charge in [0.05, 0.1) is 22.3 Å². The molecule has 0 amide bonds. The second kappa shape index (κ2) is 6.45. The zero-order valence-corrected chi connectivity index (χ0v) is 10.9. The summed E-state index contributed by atoms with van der Waals surface area (Å²) in [6, 6.07) is 5.39. The third kappa shape index (κ3) is 4.30. The van der Waals surface area contributed by atoms with Crippen LogP contribution < -0.4 is 0 Å². The summed E-state index contributed by atoms with van der Waals surface area (Å²) in [6.45, 7) is 1.93. The third-order valence-corrected chi connectivity index (χ3v) is 3.20. The first-order valence-electron chi connectivity index (χ1n) is 5.17. The highest BCUT2D eigenvalue weighted by Crippen LogP contribution is 2.23. The Morgan fingerprint density at radius 2 is 2.00 bits per heavy atom. The Bertz CT molecular complexity index is 342. The Labute approximate surface area is 106 Å². The summed E-state index contributed by atoms with van der Waals surface area (Å²) < 4.78 is 5.09. The van der Waals surface area contributed by atoms with Gasteiger partial charge in [-0.1, -0.05) is 29.3 Å². The summed E-state index contributed by atoms with van der Waals surface area (Å²) in [5.74, 6) is 0. The van der Waals surface area contributed by atoms with Gasteiger partial charge in [-0.3, -0.25) is 0 Å². The predicted octanol–water partition coefficient (Wildman–Crippen LogP) is 3.32. The lowest BCUT2D eigenvalue weighted by atomic mass is 10.0. The van der Waals surface area contributed by atoms with Crippen LogP contribution in [-0.4, -0.2) is 24.4 Å². The second-order valence-corrected chi connectivity index (χ2v) is 4.70. The van der Waals surface area contributed by atoms with Gasteiger partial charge in [0.2, 0.25) is 0 Å². The molecular formula is C12H16Cl2O2. The Morgan fingerprint density at radius 1 is 1.31 bits per heavy atom. The number of rotatable bonds is 5. The van der Waals surface area contributed by atoms with Gasteiger partial charge >= 0.3 is 0 Å². The Balaban J connectivity index is 2.56. The molecule has 1 rings (SSSR count). The Morgan fingerprint density at radius 3 is 2.56 bits per heavy atom. The lowest BCUT2D eigenvalue weighted by Gasteiger charge is -2.15. The maximum Gasteiger partial charge on any atom is 0.0605 e. The number of hydrogen-bond donors (Lipinski definition) is 1. The zero-order chi connectivity index (χ0) is 12.1. The molecule has 0 bridgehead atoms. The molecule has 4 heteroatoms. The van der Waals surface area contributed by atoms with Crippen LogP contribution in [0.1, 0.15) is 18.9 Å². The minimum Gasteiger partial charge on any atom is -0.393 e. The van der Waals surface area contributed by atoms with E-state index in [1.807, 2.05) is 13.0 Å². The monoisotopic (exact) mass is 262 g/mol. The van der Waals surface area contributed by atoms with Crippen LogP contribution in [0, 0.1) is 0 Å². The van der Waals surface area contributed by atoms with E-state index in [1.54, 1.807) is 19.2 Å². The van der Waals surface area contributed by atoms with Crippen LogP contribution in [0.2, 0.25) is 10.0 Å². The molecule has 90 valence electrons. The number of aliphatic hydroxyl groups excluding tert-OH is 1. The van der Waals surface area contributed by atoms with E-state index in [-0.39, 0.29) is 6.10 Å². The van der Waals surface area contributed by atoms with Crippen molar-refractivity contribution in [3.8, 4) is 0 Å². The van der Waals surface area contributed by atoms with Crippen molar-refractivity contribution in [2.45, 2.75) is 32.0 Å². The van der Waals surface area contributed by atoms with E-state index >= 15 is 0 Å². The molecule has 0 radical (unpaired) electrons. The van der Waals surface area contributed by atoms with Crippen LogP contribution in [0.4, 0.5) is 0 Å². The van der Waals surface area contributed by atoms with Gasteiger partial charge in [0, 0.05) is 7.11 Å². The molecule has 0 fully saturated rings. The van der Waals surface area contributed by atoms with E-state index in [0.717, 1.165) is 5.56 Å². The fourth-order valence-corrected chi connectivity index (χ4v) is 1.82. The minimum atomic E-state index is -0.424. The van der Waals surface area contributed by atoms with Crippen LogP contribution in [0.3, 0.4) is 0 Å². The van der Waals surface area contributed by atoms with Crippen molar-refractivity contribution in [2.24, 2.45) is 0 Å². The van der Waals surface area contributed by atoms with Crippen LogP contribution in [-0.2, 0) is 11.2 Å². The minimum absolute atomic E-state index is 0.0535. The third-order valence-electron chi connectivity index (χ3n) is 2.46. The van der Waals surface area contributed by atoms with Gasteiger partial charge in [0.15, 0.2) is 0 Å². The molecule has 0 saturated heterocycles. The molecule has 1 aromatic carbocycles. The van der Waals surface area contributed by atoms with Crippen LogP contribution in [0.5, 0.6) is 0 Å². The molecule has 0 aliphatic rings. The van der Waals surface area contributed by atoms with Gasteiger partial charge in [-0.05, 0) is 37.5 Å².